The van der Waals surface area contributed by atoms with Crippen LogP contribution in [0.2, 0.25) is 0 Å². The fourth-order valence-electron chi connectivity index (χ4n) is 5.32. The minimum atomic E-state index is -4.51. The molecule has 2 fully saturated rings. The first-order valence-corrected chi connectivity index (χ1v) is 14.6. The number of halogens is 3. The Balaban J connectivity index is 1.42. The topological polar surface area (TPSA) is 94.4 Å². The van der Waals surface area contributed by atoms with E-state index < -0.39 is 49.9 Å². The highest BCUT2D eigenvalue weighted by atomic mass is 32.2. The number of nitriles is 1. The lowest BCUT2D eigenvalue weighted by atomic mass is 9.85. The van der Waals surface area contributed by atoms with Crippen LogP contribution in [0.1, 0.15) is 61.3 Å². The Bertz CT molecular complexity index is 1550. The SMILES string of the molecule is N#Cc1cc(F)c(F)cc1S(=O)(=O)N1CC[C@@H]1C(=O)N(Cc1ccc(C2CCCCC2)cn1)c1ccc(F)cc1. The van der Waals surface area contributed by atoms with E-state index in [9.17, 15) is 31.6 Å². The Labute approximate surface area is 230 Å². The van der Waals surface area contributed by atoms with Crippen LogP contribution in [0.25, 0.3) is 0 Å². The van der Waals surface area contributed by atoms with E-state index in [4.69, 9.17) is 0 Å². The maximum atomic E-state index is 14.0. The van der Waals surface area contributed by atoms with Crippen LogP contribution in [0.15, 0.2) is 59.6 Å². The molecule has 1 aliphatic heterocycles. The van der Waals surface area contributed by atoms with Crippen molar-refractivity contribution in [1.29, 1.82) is 5.26 Å². The fourth-order valence-corrected chi connectivity index (χ4v) is 7.08. The molecule has 1 saturated carbocycles. The van der Waals surface area contributed by atoms with Crippen molar-refractivity contribution in [2.75, 3.05) is 11.4 Å². The van der Waals surface area contributed by atoms with Gasteiger partial charge in [-0.2, -0.15) is 9.57 Å². The van der Waals surface area contributed by atoms with Crippen LogP contribution in [0.4, 0.5) is 18.9 Å². The van der Waals surface area contributed by atoms with Gasteiger partial charge >= 0.3 is 0 Å². The van der Waals surface area contributed by atoms with Gasteiger partial charge in [-0.25, -0.2) is 21.6 Å². The van der Waals surface area contributed by atoms with Gasteiger partial charge < -0.3 is 4.90 Å². The van der Waals surface area contributed by atoms with Crippen molar-refractivity contribution < 1.29 is 26.4 Å². The highest BCUT2D eigenvalue weighted by Gasteiger charge is 2.45. The van der Waals surface area contributed by atoms with E-state index in [0.717, 1.165) is 22.7 Å². The molecule has 0 unspecified atom stereocenters. The number of hydrogen-bond donors (Lipinski definition) is 0. The van der Waals surface area contributed by atoms with Gasteiger partial charge in [0.2, 0.25) is 15.9 Å². The lowest BCUT2D eigenvalue weighted by Gasteiger charge is -2.41. The number of sulfonamides is 1. The molecule has 5 rings (SSSR count). The van der Waals surface area contributed by atoms with Gasteiger partial charge in [-0.05, 0) is 73.2 Å². The third-order valence-corrected chi connectivity index (χ3v) is 9.58. The molecule has 0 bridgehead atoms. The molecule has 1 amide bonds. The number of benzene rings is 2. The Morgan fingerprint density at radius 2 is 1.70 bits per heavy atom. The van der Waals surface area contributed by atoms with Gasteiger partial charge in [-0.3, -0.25) is 9.78 Å². The predicted molar refractivity (Wildman–Crippen MR) is 141 cm³/mol. The molecule has 3 aromatic rings. The molecule has 11 heteroatoms. The van der Waals surface area contributed by atoms with Gasteiger partial charge in [0.1, 0.15) is 22.8 Å². The molecule has 7 nitrogen and oxygen atoms in total. The average Bonchev–Trinajstić information content (AvgIpc) is 2.93. The van der Waals surface area contributed by atoms with Gasteiger partial charge in [-0.1, -0.05) is 25.3 Å². The van der Waals surface area contributed by atoms with E-state index in [1.807, 2.05) is 18.3 Å². The van der Waals surface area contributed by atoms with E-state index in [-0.39, 0.29) is 19.5 Å². The average molecular weight is 569 g/mol. The number of anilines is 1. The molecule has 0 radical (unpaired) electrons. The summed E-state index contributed by atoms with van der Waals surface area (Å²) in [6, 6.07) is 10.5. The Kier molecular flexibility index (Phi) is 7.92. The molecule has 2 aliphatic rings. The smallest absolute Gasteiger partial charge is 0.245 e. The van der Waals surface area contributed by atoms with Crippen molar-refractivity contribution in [3.05, 3.63) is 89.0 Å². The van der Waals surface area contributed by atoms with Gasteiger partial charge in [0, 0.05) is 18.4 Å². The van der Waals surface area contributed by atoms with Gasteiger partial charge in [0.05, 0.1) is 17.8 Å². The Morgan fingerprint density at radius 1 is 1.00 bits per heavy atom. The van der Waals surface area contributed by atoms with Crippen molar-refractivity contribution in [3.8, 4) is 6.07 Å². The monoisotopic (exact) mass is 568 g/mol. The number of aromatic nitrogens is 1. The molecule has 40 heavy (non-hydrogen) atoms. The summed E-state index contributed by atoms with van der Waals surface area (Å²) in [5, 5.41) is 9.34. The third kappa shape index (κ3) is 5.46. The number of carbonyl (C=O) groups excluding carboxylic acids is 1. The summed E-state index contributed by atoms with van der Waals surface area (Å²) < 4.78 is 68.9. The molecule has 2 heterocycles. The molecule has 0 spiro atoms. The largest absolute Gasteiger partial charge is 0.305 e. The fraction of sp³-hybridized carbons (Fsp3) is 0.345. The number of rotatable bonds is 7. The maximum Gasteiger partial charge on any atom is 0.245 e. The van der Waals surface area contributed by atoms with E-state index in [1.165, 1.54) is 48.4 Å². The first kappa shape index (κ1) is 27.8. The number of carbonyl (C=O) groups is 1. The zero-order valence-corrected chi connectivity index (χ0v) is 22.4. The summed E-state index contributed by atoms with van der Waals surface area (Å²) in [6.45, 7) is -0.0391. The lowest BCUT2D eigenvalue weighted by molar-refractivity contribution is -0.125. The summed E-state index contributed by atoms with van der Waals surface area (Å²) in [5.41, 5.74) is 1.49. The van der Waals surface area contributed by atoms with Crippen LogP contribution < -0.4 is 4.90 Å². The number of pyridine rings is 1. The molecule has 1 aromatic heterocycles. The first-order chi connectivity index (χ1) is 19.2. The van der Waals surface area contributed by atoms with E-state index in [0.29, 0.717) is 29.4 Å². The highest BCUT2D eigenvalue weighted by Crippen LogP contribution is 2.34. The van der Waals surface area contributed by atoms with Crippen LogP contribution in [-0.4, -0.2) is 36.2 Å². The number of nitrogens with zero attached hydrogens (tertiary/aromatic N) is 4. The molecule has 2 aromatic carbocycles. The van der Waals surface area contributed by atoms with Crippen molar-refractivity contribution in [3.63, 3.8) is 0 Å². The summed E-state index contributed by atoms with van der Waals surface area (Å²) >= 11 is 0. The van der Waals surface area contributed by atoms with Crippen LogP contribution in [-0.2, 0) is 21.4 Å². The van der Waals surface area contributed by atoms with Crippen LogP contribution in [0.5, 0.6) is 0 Å². The zero-order valence-electron chi connectivity index (χ0n) is 21.6. The standard InChI is InChI=1S/C29H27F3N4O3S/c30-22-7-10-24(11-8-22)35(18-23-9-6-20(17-34-23)19-4-2-1-3-5-19)29(37)27-12-13-36(27)40(38,39)28-15-26(32)25(31)14-21(28)16-33/h6-11,14-15,17,19,27H,1-5,12-13,18H2/t27-/m1/s1. The van der Waals surface area contributed by atoms with E-state index >= 15 is 0 Å². The number of amides is 1. The van der Waals surface area contributed by atoms with E-state index in [1.54, 1.807) is 6.07 Å². The van der Waals surface area contributed by atoms with Gasteiger partial charge in [-0.15, -0.1) is 0 Å². The summed E-state index contributed by atoms with van der Waals surface area (Å²) in [4.78, 5) is 19.0. The molecular weight excluding hydrogens is 541 g/mol. The molecule has 0 N–H and O–H groups in total. The summed E-state index contributed by atoms with van der Waals surface area (Å²) in [6.07, 6.45) is 7.80. The Morgan fingerprint density at radius 3 is 2.30 bits per heavy atom. The second-order valence-corrected chi connectivity index (χ2v) is 12.0. The van der Waals surface area contributed by atoms with Gasteiger partial charge in [0.15, 0.2) is 11.6 Å². The quantitative estimate of drug-likeness (QED) is 0.380. The van der Waals surface area contributed by atoms with Crippen molar-refractivity contribution in [1.82, 2.24) is 9.29 Å². The third-order valence-electron chi connectivity index (χ3n) is 7.63. The summed E-state index contributed by atoms with van der Waals surface area (Å²) in [7, 11) is -4.51. The molecule has 1 atom stereocenters. The first-order valence-electron chi connectivity index (χ1n) is 13.1. The molecule has 1 aliphatic carbocycles. The Hall–Kier alpha value is -3.75. The number of hydrogen-bond acceptors (Lipinski definition) is 5. The van der Waals surface area contributed by atoms with Crippen molar-refractivity contribution in [2.45, 2.75) is 61.9 Å². The van der Waals surface area contributed by atoms with Crippen molar-refractivity contribution in [2.24, 2.45) is 0 Å². The van der Waals surface area contributed by atoms with Crippen LogP contribution in [0, 0.1) is 28.8 Å². The second-order valence-electron chi connectivity index (χ2n) is 10.1. The normalized spacial score (nSPS) is 18.1. The second kappa shape index (κ2) is 11.4. The lowest BCUT2D eigenvalue weighted by Crippen LogP contribution is -2.59. The van der Waals surface area contributed by atoms with Crippen LogP contribution in [0.3, 0.4) is 0 Å². The van der Waals surface area contributed by atoms with Gasteiger partial charge in [0.25, 0.3) is 0 Å². The molecular formula is C29H27F3N4O3S. The minimum Gasteiger partial charge on any atom is -0.305 e. The molecule has 208 valence electrons. The summed E-state index contributed by atoms with van der Waals surface area (Å²) in [5.74, 6) is -3.40. The maximum absolute atomic E-state index is 14.0. The zero-order chi connectivity index (χ0) is 28.4. The minimum absolute atomic E-state index is 0.00836. The van der Waals surface area contributed by atoms with E-state index in [2.05, 4.69) is 4.98 Å². The van der Waals surface area contributed by atoms with Crippen LogP contribution >= 0.6 is 0 Å². The molecule has 1 saturated heterocycles. The van der Waals surface area contributed by atoms with Crippen molar-refractivity contribution >= 4 is 21.6 Å². The predicted octanol–water partition coefficient (Wildman–Crippen LogP) is 5.41. The highest BCUT2D eigenvalue weighted by molar-refractivity contribution is 7.89.